The number of anilines is 3. The Labute approximate surface area is 248 Å². The van der Waals surface area contributed by atoms with Crippen molar-refractivity contribution in [2.75, 3.05) is 56.0 Å². The second-order valence-corrected chi connectivity index (χ2v) is 15.3. The van der Waals surface area contributed by atoms with Crippen LogP contribution in [0, 0.1) is 5.41 Å². The summed E-state index contributed by atoms with van der Waals surface area (Å²) in [5, 5.41) is 4.39. The van der Waals surface area contributed by atoms with Crippen LogP contribution in [-0.4, -0.2) is 74.4 Å². The van der Waals surface area contributed by atoms with E-state index < -0.39 is 9.73 Å². The lowest BCUT2D eigenvalue weighted by atomic mass is 9.71. The first-order valence-corrected chi connectivity index (χ1v) is 17.4. The first-order chi connectivity index (χ1) is 20.2. The summed E-state index contributed by atoms with van der Waals surface area (Å²) in [6.45, 7) is 4.74. The number of nitrogens with zero attached hydrogens (tertiary/aromatic N) is 7. The molecule has 3 fully saturated rings. The number of hydrogen-bond acceptors (Lipinski definition) is 8. The number of likely N-dealkylation sites (tertiary alicyclic amines) is 1. The van der Waals surface area contributed by atoms with Crippen molar-refractivity contribution in [3.05, 3.63) is 60.4 Å². The summed E-state index contributed by atoms with van der Waals surface area (Å²) in [6.07, 6.45) is 12.7. The van der Waals surface area contributed by atoms with E-state index in [-0.39, 0.29) is 0 Å². The van der Waals surface area contributed by atoms with Gasteiger partial charge < -0.3 is 15.1 Å². The maximum atomic E-state index is 12.3. The Morgan fingerprint density at radius 2 is 1.67 bits per heavy atom. The van der Waals surface area contributed by atoms with E-state index in [0.29, 0.717) is 23.1 Å². The standard InChI is InChI=1S/C32H40N8OS/c1-38-17-13-32(14-18-38)15-19-39(20-16-32)26-11-9-25(10-12-26)34-31-33-22-24-21-27(23-7-8-23)40(30(24)36-31)29-6-4-5-28(35-29)37-42(2,3)41/h4-6,9-12,21-23H,7-8,13-20H2,1-3H3,(H,33,34,36). The Morgan fingerprint density at radius 1 is 0.952 bits per heavy atom. The highest BCUT2D eigenvalue weighted by Crippen LogP contribution is 2.44. The van der Waals surface area contributed by atoms with Crippen LogP contribution in [0.15, 0.2) is 59.1 Å². The van der Waals surface area contributed by atoms with Crippen LogP contribution >= 0.6 is 0 Å². The first-order valence-electron chi connectivity index (χ1n) is 15.1. The molecule has 3 aliphatic rings. The van der Waals surface area contributed by atoms with Crippen LogP contribution in [0.3, 0.4) is 0 Å². The third kappa shape index (κ3) is 5.74. The van der Waals surface area contributed by atoms with Crippen molar-refractivity contribution >= 4 is 43.9 Å². The molecule has 2 aliphatic heterocycles. The molecule has 42 heavy (non-hydrogen) atoms. The SMILES string of the molecule is CN1CCC2(CC1)CCN(c1ccc(Nc3ncc4cc(C5CC5)n(-c5cccc(N=S(C)(C)=O)n5)c4n3)cc1)CC2. The molecule has 220 valence electrons. The van der Waals surface area contributed by atoms with Gasteiger partial charge in [0.05, 0.1) is 0 Å². The summed E-state index contributed by atoms with van der Waals surface area (Å²) in [5.74, 6) is 2.23. The summed E-state index contributed by atoms with van der Waals surface area (Å²) in [5.41, 5.74) is 4.78. The number of piperidine rings is 2. The number of aromatic nitrogens is 4. The Hall–Kier alpha value is -3.50. The summed E-state index contributed by atoms with van der Waals surface area (Å²) in [7, 11) is -0.0711. The van der Waals surface area contributed by atoms with Gasteiger partial charge in [0.15, 0.2) is 11.5 Å². The number of rotatable bonds is 6. The van der Waals surface area contributed by atoms with E-state index in [0.717, 1.165) is 48.5 Å². The third-order valence-corrected chi connectivity index (χ3v) is 9.81. The van der Waals surface area contributed by atoms with Gasteiger partial charge in [-0.3, -0.25) is 4.57 Å². The molecule has 0 amide bonds. The molecular weight excluding hydrogens is 544 g/mol. The van der Waals surface area contributed by atoms with Crippen LogP contribution in [0.4, 0.5) is 23.1 Å². The van der Waals surface area contributed by atoms with Gasteiger partial charge in [0.2, 0.25) is 5.95 Å². The number of fused-ring (bicyclic) bond motifs is 1. The molecule has 5 heterocycles. The van der Waals surface area contributed by atoms with Crippen LogP contribution in [0.2, 0.25) is 0 Å². The molecule has 2 saturated heterocycles. The monoisotopic (exact) mass is 584 g/mol. The molecule has 1 saturated carbocycles. The summed E-state index contributed by atoms with van der Waals surface area (Å²) in [4.78, 5) is 19.3. The largest absolute Gasteiger partial charge is 0.371 e. The number of hydrogen-bond donors (Lipinski definition) is 1. The summed E-state index contributed by atoms with van der Waals surface area (Å²) in [6, 6.07) is 16.5. The average Bonchev–Trinajstić information content (AvgIpc) is 3.75. The van der Waals surface area contributed by atoms with Gasteiger partial charge in [-0.05, 0) is 112 Å². The Kier molecular flexibility index (Phi) is 6.93. The van der Waals surface area contributed by atoms with Gasteiger partial charge in [-0.2, -0.15) is 9.35 Å². The Morgan fingerprint density at radius 3 is 2.36 bits per heavy atom. The molecule has 0 radical (unpaired) electrons. The minimum Gasteiger partial charge on any atom is -0.371 e. The van der Waals surface area contributed by atoms with Crippen molar-refractivity contribution in [3.63, 3.8) is 0 Å². The molecule has 7 rings (SSSR count). The molecule has 0 bridgehead atoms. The fourth-order valence-electron chi connectivity index (χ4n) is 6.52. The van der Waals surface area contributed by atoms with Crippen molar-refractivity contribution in [2.45, 2.75) is 44.4 Å². The quantitative estimate of drug-likeness (QED) is 0.292. The minimum atomic E-state index is -2.32. The zero-order valence-electron chi connectivity index (χ0n) is 24.8. The second kappa shape index (κ2) is 10.6. The molecular formula is C32H40N8OS. The third-order valence-electron chi connectivity index (χ3n) is 9.19. The molecule has 1 N–H and O–H groups in total. The first kappa shape index (κ1) is 27.3. The second-order valence-electron chi connectivity index (χ2n) is 12.7. The molecule has 0 atom stereocenters. The van der Waals surface area contributed by atoms with Crippen molar-refractivity contribution in [3.8, 4) is 5.82 Å². The molecule has 4 aromatic rings. The van der Waals surface area contributed by atoms with E-state index in [9.17, 15) is 4.21 Å². The summed E-state index contributed by atoms with van der Waals surface area (Å²) < 4.78 is 18.7. The van der Waals surface area contributed by atoms with E-state index in [1.54, 1.807) is 18.6 Å². The molecule has 9 nitrogen and oxygen atoms in total. The van der Waals surface area contributed by atoms with Crippen LogP contribution in [0.5, 0.6) is 0 Å². The predicted octanol–water partition coefficient (Wildman–Crippen LogP) is 6.11. The van der Waals surface area contributed by atoms with Gasteiger partial charge in [0.25, 0.3) is 0 Å². The Bertz CT molecular complexity index is 1710. The summed E-state index contributed by atoms with van der Waals surface area (Å²) >= 11 is 0. The molecule has 10 heteroatoms. The van der Waals surface area contributed by atoms with Crippen molar-refractivity contribution in [1.29, 1.82) is 0 Å². The van der Waals surface area contributed by atoms with Gasteiger partial charge in [0.1, 0.15) is 5.82 Å². The molecule has 1 spiro atoms. The van der Waals surface area contributed by atoms with Gasteiger partial charge in [-0.25, -0.2) is 14.2 Å². The Balaban J connectivity index is 1.11. The molecule has 1 aromatic carbocycles. The van der Waals surface area contributed by atoms with Crippen LogP contribution < -0.4 is 10.2 Å². The molecule has 3 aromatic heterocycles. The lowest BCUT2D eigenvalue weighted by Crippen LogP contribution is -2.46. The van der Waals surface area contributed by atoms with E-state index >= 15 is 0 Å². The van der Waals surface area contributed by atoms with Crippen molar-refractivity contribution in [1.82, 2.24) is 24.4 Å². The van der Waals surface area contributed by atoms with E-state index in [2.05, 4.69) is 66.4 Å². The van der Waals surface area contributed by atoms with Crippen LogP contribution in [0.1, 0.15) is 50.1 Å². The fraction of sp³-hybridized carbons (Fsp3) is 0.469. The highest BCUT2D eigenvalue weighted by molar-refractivity contribution is 7.92. The number of pyridine rings is 1. The van der Waals surface area contributed by atoms with E-state index in [1.807, 2.05) is 18.3 Å². The lowest BCUT2D eigenvalue weighted by Gasteiger charge is -2.46. The van der Waals surface area contributed by atoms with Gasteiger partial charge in [0, 0.05) is 64.0 Å². The molecule has 1 aliphatic carbocycles. The lowest BCUT2D eigenvalue weighted by molar-refractivity contribution is 0.0945. The molecule has 0 unspecified atom stereocenters. The van der Waals surface area contributed by atoms with Gasteiger partial charge in [-0.15, -0.1) is 0 Å². The smallest absolute Gasteiger partial charge is 0.229 e. The number of benzene rings is 1. The van der Waals surface area contributed by atoms with E-state index in [1.165, 1.54) is 50.2 Å². The van der Waals surface area contributed by atoms with Crippen molar-refractivity contribution < 1.29 is 4.21 Å². The van der Waals surface area contributed by atoms with E-state index in [4.69, 9.17) is 9.97 Å². The average molecular weight is 585 g/mol. The fourth-order valence-corrected chi connectivity index (χ4v) is 7.07. The van der Waals surface area contributed by atoms with Crippen LogP contribution in [0.25, 0.3) is 16.9 Å². The highest BCUT2D eigenvalue weighted by Gasteiger charge is 2.36. The minimum absolute atomic E-state index is 0.466. The maximum Gasteiger partial charge on any atom is 0.229 e. The maximum absolute atomic E-state index is 12.3. The number of nitrogens with one attached hydrogen (secondary N) is 1. The van der Waals surface area contributed by atoms with Crippen molar-refractivity contribution in [2.24, 2.45) is 9.78 Å². The van der Waals surface area contributed by atoms with Crippen LogP contribution in [-0.2, 0) is 9.73 Å². The van der Waals surface area contributed by atoms with Gasteiger partial charge in [-0.1, -0.05) is 6.07 Å². The van der Waals surface area contributed by atoms with Gasteiger partial charge >= 0.3 is 0 Å². The topological polar surface area (TPSA) is 91.5 Å². The predicted molar refractivity (Wildman–Crippen MR) is 171 cm³/mol. The normalized spacial score (nSPS) is 19.4. The zero-order valence-corrected chi connectivity index (χ0v) is 25.6. The zero-order chi connectivity index (χ0) is 28.9. The highest BCUT2D eigenvalue weighted by atomic mass is 32.2.